The maximum atomic E-state index is 12.5. The van der Waals surface area contributed by atoms with Crippen LogP contribution in [0.1, 0.15) is 50.3 Å². The summed E-state index contributed by atoms with van der Waals surface area (Å²) in [5.41, 5.74) is 2.43. The number of fused-ring (bicyclic) bond motifs is 3. The van der Waals surface area contributed by atoms with Crippen LogP contribution in [-0.4, -0.2) is 49.9 Å². The van der Waals surface area contributed by atoms with Gasteiger partial charge >= 0.3 is 0 Å². The molecule has 0 unspecified atom stereocenters. The van der Waals surface area contributed by atoms with Gasteiger partial charge in [-0.05, 0) is 24.6 Å². The van der Waals surface area contributed by atoms with Crippen molar-refractivity contribution < 1.29 is 23.5 Å². The fourth-order valence-electron chi connectivity index (χ4n) is 4.82. The standard InChI is InChI=1S/C21H30NO4/c1-5-16(23)7-10-22-9-6-15-12-19(25-3)20(26-4)13-17(15)21(22)14(2)18(24)8-11-22/h12-14,21H,5-11H2,1-4H3/q+1/t14-,21-,22+/m0/s1. The van der Waals surface area contributed by atoms with E-state index in [0.29, 0.717) is 36.6 Å². The summed E-state index contributed by atoms with van der Waals surface area (Å²) < 4.78 is 11.8. The Balaban J connectivity index is 2.05. The SMILES string of the molecule is CCC(=O)CC[N@+]12CCC(=O)[C@H](C)[C@H]1c1cc(OC)c(OC)cc1CC2. The molecule has 3 atom stereocenters. The number of methoxy groups -OCH3 is 2. The molecule has 0 amide bonds. The molecule has 0 radical (unpaired) electrons. The topological polar surface area (TPSA) is 52.6 Å². The number of hydrogen-bond acceptors (Lipinski definition) is 4. The molecule has 3 rings (SSSR count). The number of nitrogens with zero attached hydrogens (tertiary/aromatic N) is 1. The third-order valence-corrected chi connectivity index (χ3v) is 6.40. The Morgan fingerprint density at radius 1 is 1.15 bits per heavy atom. The van der Waals surface area contributed by atoms with E-state index in [1.807, 2.05) is 13.8 Å². The van der Waals surface area contributed by atoms with E-state index in [1.54, 1.807) is 14.2 Å². The molecule has 0 bridgehead atoms. The second-order valence-corrected chi connectivity index (χ2v) is 7.64. The first-order valence-corrected chi connectivity index (χ1v) is 9.60. The Morgan fingerprint density at radius 3 is 2.46 bits per heavy atom. The smallest absolute Gasteiger partial charge is 0.161 e. The normalized spacial score (nSPS) is 27.5. The van der Waals surface area contributed by atoms with Crippen molar-refractivity contribution in [3.63, 3.8) is 0 Å². The highest BCUT2D eigenvalue weighted by Gasteiger charge is 2.50. The first kappa shape index (κ1) is 18.9. The van der Waals surface area contributed by atoms with Gasteiger partial charge in [0.25, 0.3) is 0 Å². The van der Waals surface area contributed by atoms with Crippen LogP contribution in [-0.2, 0) is 16.0 Å². The Labute approximate surface area is 155 Å². The van der Waals surface area contributed by atoms with Crippen LogP contribution >= 0.6 is 0 Å². The van der Waals surface area contributed by atoms with Gasteiger partial charge in [0.1, 0.15) is 17.6 Å². The predicted octanol–water partition coefficient (Wildman–Crippen LogP) is 3.10. The first-order chi connectivity index (χ1) is 12.5. The van der Waals surface area contributed by atoms with Gasteiger partial charge < -0.3 is 14.0 Å². The number of piperidine rings is 1. The molecule has 1 fully saturated rings. The lowest BCUT2D eigenvalue weighted by molar-refractivity contribution is -0.963. The highest BCUT2D eigenvalue weighted by Crippen LogP contribution is 2.47. The molecule has 26 heavy (non-hydrogen) atoms. The Hall–Kier alpha value is -1.88. The van der Waals surface area contributed by atoms with Gasteiger partial charge in [0, 0.05) is 18.4 Å². The average Bonchev–Trinajstić information content (AvgIpc) is 2.67. The Morgan fingerprint density at radius 2 is 1.81 bits per heavy atom. The summed E-state index contributed by atoms with van der Waals surface area (Å²) in [6.07, 6.45) is 2.73. The third-order valence-electron chi connectivity index (χ3n) is 6.40. The van der Waals surface area contributed by atoms with Gasteiger partial charge in [-0.15, -0.1) is 0 Å². The molecule has 1 saturated heterocycles. The fourth-order valence-corrected chi connectivity index (χ4v) is 4.82. The van der Waals surface area contributed by atoms with Gasteiger partial charge in [-0.25, -0.2) is 0 Å². The van der Waals surface area contributed by atoms with Crippen LogP contribution in [0.15, 0.2) is 12.1 Å². The molecule has 1 aromatic rings. The first-order valence-electron chi connectivity index (χ1n) is 9.60. The maximum Gasteiger partial charge on any atom is 0.161 e. The fraction of sp³-hybridized carbons (Fsp3) is 0.619. The van der Waals surface area contributed by atoms with Gasteiger partial charge in [-0.3, -0.25) is 9.59 Å². The number of carbonyl (C=O) groups is 2. The molecular formula is C21H30NO4+. The van der Waals surface area contributed by atoms with Gasteiger partial charge in [0.05, 0.1) is 52.6 Å². The highest BCUT2D eigenvalue weighted by molar-refractivity contribution is 5.82. The van der Waals surface area contributed by atoms with E-state index in [9.17, 15) is 9.59 Å². The molecule has 2 aliphatic heterocycles. The van der Waals surface area contributed by atoms with Crippen LogP contribution in [0.5, 0.6) is 11.5 Å². The van der Waals surface area contributed by atoms with Crippen molar-refractivity contribution in [2.75, 3.05) is 33.9 Å². The van der Waals surface area contributed by atoms with Crippen LogP contribution < -0.4 is 9.47 Å². The van der Waals surface area contributed by atoms with Crippen molar-refractivity contribution in [2.45, 2.75) is 45.6 Å². The molecule has 2 heterocycles. The largest absolute Gasteiger partial charge is 0.493 e. The average molecular weight is 360 g/mol. The monoisotopic (exact) mass is 360 g/mol. The van der Waals surface area contributed by atoms with Crippen molar-refractivity contribution in [1.82, 2.24) is 0 Å². The van der Waals surface area contributed by atoms with E-state index in [0.717, 1.165) is 36.3 Å². The lowest BCUT2D eigenvalue weighted by Gasteiger charge is -2.52. The number of rotatable bonds is 6. The quantitative estimate of drug-likeness (QED) is 0.732. The van der Waals surface area contributed by atoms with E-state index < -0.39 is 0 Å². The van der Waals surface area contributed by atoms with Crippen molar-refractivity contribution in [3.05, 3.63) is 23.3 Å². The summed E-state index contributed by atoms with van der Waals surface area (Å²) in [6, 6.07) is 4.22. The van der Waals surface area contributed by atoms with E-state index >= 15 is 0 Å². The zero-order valence-electron chi connectivity index (χ0n) is 16.3. The number of benzene rings is 1. The minimum absolute atomic E-state index is 0.0439. The number of ketones is 2. The molecule has 0 spiro atoms. The van der Waals surface area contributed by atoms with Crippen molar-refractivity contribution in [3.8, 4) is 11.5 Å². The van der Waals surface area contributed by atoms with Crippen LogP contribution in [0.25, 0.3) is 0 Å². The van der Waals surface area contributed by atoms with Crippen molar-refractivity contribution >= 4 is 11.6 Å². The van der Waals surface area contributed by atoms with Crippen molar-refractivity contribution in [1.29, 1.82) is 0 Å². The summed E-state index contributed by atoms with van der Waals surface area (Å²) in [6.45, 7) is 6.60. The van der Waals surface area contributed by atoms with Gasteiger partial charge in [0.15, 0.2) is 11.5 Å². The number of quaternary nitrogens is 1. The minimum atomic E-state index is -0.0439. The zero-order chi connectivity index (χ0) is 18.9. The van der Waals surface area contributed by atoms with Crippen LogP contribution in [0, 0.1) is 5.92 Å². The van der Waals surface area contributed by atoms with E-state index in [2.05, 4.69) is 12.1 Å². The van der Waals surface area contributed by atoms with E-state index in [-0.39, 0.29) is 12.0 Å². The van der Waals surface area contributed by atoms with Crippen LogP contribution in [0.4, 0.5) is 0 Å². The summed E-state index contributed by atoms with van der Waals surface area (Å²) in [7, 11) is 3.29. The second kappa shape index (κ2) is 7.39. The summed E-state index contributed by atoms with van der Waals surface area (Å²) in [5.74, 6) is 2.04. The lowest BCUT2D eigenvalue weighted by atomic mass is 9.77. The molecule has 5 nitrogen and oxygen atoms in total. The van der Waals surface area contributed by atoms with Gasteiger partial charge in [-0.2, -0.15) is 0 Å². The molecule has 0 aromatic heterocycles. The van der Waals surface area contributed by atoms with Gasteiger partial charge in [0.2, 0.25) is 0 Å². The minimum Gasteiger partial charge on any atom is -0.493 e. The number of ether oxygens (including phenoxy) is 2. The summed E-state index contributed by atoms with van der Waals surface area (Å²) in [4.78, 5) is 24.5. The molecule has 0 saturated carbocycles. The summed E-state index contributed by atoms with van der Waals surface area (Å²) >= 11 is 0. The predicted molar refractivity (Wildman–Crippen MR) is 99.6 cm³/mol. The third kappa shape index (κ3) is 3.13. The van der Waals surface area contributed by atoms with Crippen LogP contribution in [0.2, 0.25) is 0 Å². The molecule has 2 aliphatic rings. The molecular weight excluding hydrogens is 330 g/mol. The maximum absolute atomic E-state index is 12.5. The Bertz CT molecular complexity index is 714. The number of Topliss-reactive ketones (excluding diaryl/α,β-unsaturated/α-hetero) is 2. The highest BCUT2D eigenvalue weighted by atomic mass is 16.5. The summed E-state index contributed by atoms with van der Waals surface area (Å²) in [5, 5.41) is 0. The molecule has 1 aromatic carbocycles. The lowest BCUT2D eigenvalue weighted by Crippen LogP contribution is -2.61. The van der Waals surface area contributed by atoms with Crippen molar-refractivity contribution in [2.24, 2.45) is 5.92 Å². The number of hydrogen-bond donors (Lipinski definition) is 0. The van der Waals surface area contributed by atoms with E-state index in [4.69, 9.17) is 9.47 Å². The van der Waals surface area contributed by atoms with Gasteiger partial charge in [-0.1, -0.05) is 6.92 Å². The van der Waals surface area contributed by atoms with E-state index in [1.165, 1.54) is 11.1 Å². The zero-order valence-corrected chi connectivity index (χ0v) is 16.3. The molecule has 5 heteroatoms. The molecule has 0 aliphatic carbocycles. The Kier molecular flexibility index (Phi) is 5.37. The molecule has 0 N–H and O–H groups in total. The molecule has 142 valence electrons. The second-order valence-electron chi connectivity index (χ2n) is 7.64. The number of carbonyl (C=O) groups excluding carboxylic acids is 2. The van der Waals surface area contributed by atoms with Crippen LogP contribution in [0.3, 0.4) is 0 Å².